The molecule has 2 fully saturated rings. The van der Waals surface area contributed by atoms with Crippen molar-refractivity contribution in [2.75, 3.05) is 26.2 Å². The van der Waals surface area contributed by atoms with Crippen LogP contribution in [0, 0.1) is 5.92 Å². The van der Waals surface area contributed by atoms with Crippen molar-refractivity contribution in [3.05, 3.63) is 35.9 Å². The lowest BCUT2D eigenvalue weighted by molar-refractivity contribution is -0.130. The molecule has 1 amide bonds. The maximum atomic E-state index is 11.5. The molecule has 0 bridgehead atoms. The number of amides is 1. The van der Waals surface area contributed by atoms with E-state index in [1.165, 1.54) is 44.3 Å². The standard InChI is InChI=1S/C20H30N2O/c1-17(23)21-14-11-20(12-15-21)22-13-5-8-19(16-22)10-9-18-6-3-2-4-7-18/h2-4,6-7,19-20H,5,8-16H2,1H3/t19-/m0/s1. The average molecular weight is 314 g/mol. The second-order valence-electron chi connectivity index (χ2n) is 7.26. The highest BCUT2D eigenvalue weighted by atomic mass is 16.2. The van der Waals surface area contributed by atoms with Gasteiger partial charge in [0.2, 0.25) is 5.91 Å². The predicted molar refractivity (Wildman–Crippen MR) is 94.3 cm³/mol. The van der Waals surface area contributed by atoms with Gasteiger partial charge in [-0.15, -0.1) is 0 Å². The minimum atomic E-state index is 0.239. The first kappa shape index (κ1) is 16.5. The molecular weight excluding hydrogens is 284 g/mol. The lowest BCUT2D eigenvalue weighted by atomic mass is 9.89. The molecule has 23 heavy (non-hydrogen) atoms. The molecule has 1 aromatic rings. The van der Waals surface area contributed by atoms with Crippen LogP contribution in [0.15, 0.2) is 30.3 Å². The third kappa shape index (κ3) is 4.57. The molecule has 0 saturated carbocycles. The number of aryl methyl sites for hydroxylation is 1. The fourth-order valence-electron chi connectivity index (χ4n) is 4.23. The van der Waals surface area contributed by atoms with Gasteiger partial charge in [-0.1, -0.05) is 30.3 Å². The Morgan fingerprint density at radius 2 is 1.83 bits per heavy atom. The molecule has 1 atom stereocenters. The number of rotatable bonds is 4. The van der Waals surface area contributed by atoms with Gasteiger partial charge >= 0.3 is 0 Å². The zero-order valence-corrected chi connectivity index (χ0v) is 14.4. The predicted octanol–water partition coefficient (Wildman–Crippen LogP) is 3.34. The first-order valence-corrected chi connectivity index (χ1v) is 9.26. The molecule has 3 heteroatoms. The molecule has 1 aromatic carbocycles. The lowest BCUT2D eigenvalue weighted by Crippen LogP contribution is -2.49. The molecule has 3 nitrogen and oxygen atoms in total. The number of likely N-dealkylation sites (tertiary alicyclic amines) is 2. The molecule has 2 saturated heterocycles. The fourth-order valence-corrected chi connectivity index (χ4v) is 4.23. The van der Waals surface area contributed by atoms with E-state index in [0.29, 0.717) is 6.04 Å². The van der Waals surface area contributed by atoms with Crippen molar-refractivity contribution in [1.82, 2.24) is 9.80 Å². The van der Waals surface area contributed by atoms with Crippen LogP contribution in [0.3, 0.4) is 0 Å². The summed E-state index contributed by atoms with van der Waals surface area (Å²) in [6.07, 6.45) is 7.56. The van der Waals surface area contributed by atoms with Crippen LogP contribution in [0.25, 0.3) is 0 Å². The lowest BCUT2D eigenvalue weighted by Gasteiger charge is -2.42. The quantitative estimate of drug-likeness (QED) is 0.851. The fraction of sp³-hybridized carbons (Fsp3) is 0.650. The molecule has 0 radical (unpaired) electrons. The van der Waals surface area contributed by atoms with Crippen LogP contribution >= 0.6 is 0 Å². The Labute approximate surface area is 140 Å². The molecule has 2 heterocycles. The largest absolute Gasteiger partial charge is 0.343 e. The summed E-state index contributed by atoms with van der Waals surface area (Å²) in [4.78, 5) is 16.2. The van der Waals surface area contributed by atoms with Crippen molar-refractivity contribution in [2.45, 2.75) is 51.5 Å². The highest BCUT2D eigenvalue weighted by Crippen LogP contribution is 2.26. The number of hydrogen-bond acceptors (Lipinski definition) is 2. The van der Waals surface area contributed by atoms with Crippen LogP contribution in [0.1, 0.15) is 44.6 Å². The minimum absolute atomic E-state index is 0.239. The molecule has 0 unspecified atom stereocenters. The van der Waals surface area contributed by atoms with E-state index in [1.54, 1.807) is 6.92 Å². The first-order valence-electron chi connectivity index (χ1n) is 9.26. The summed E-state index contributed by atoms with van der Waals surface area (Å²) < 4.78 is 0. The van der Waals surface area contributed by atoms with Crippen LogP contribution in [-0.4, -0.2) is 47.9 Å². The van der Waals surface area contributed by atoms with Crippen molar-refractivity contribution in [3.63, 3.8) is 0 Å². The van der Waals surface area contributed by atoms with E-state index in [2.05, 4.69) is 35.2 Å². The van der Waals surface area contributed by atoms with E-state index in [1.807, 2.05) is 4.90 Å². The Hall–Kier alpha value is -1.35. The van der Waals surface area contributed by atoms with Gasteiger partial charge in [-0.3, -0.25) is 9.69 Å². The van der Waals surface area contributed by atoms with Crippen molar-refractivity contribution < 1.29 is 4.79 Å². The third-order valence-corrected chi connectivity index (χ3v) is 5.66. The number of carbonyl (C=O) groups excluding carboxylic acids is 1. The van der Waals surface area contributed by atoms with Gasteiger partial charge in [0.25, 0.3) is 0 Å². The molecule has 0 aliphatic carbocycles. The number of piperidine rings is 2. The highest BCUT2D eigenvalue weighted by molar-refractivity contribution is 5.73. The SMILES string of the molecule is CC(=O)N1CCC(N2CCC[C@@H](CCc3ccccc3)C2)CC1. The Balaban J connectivity index is 1.46. The maximum Gasteiger partial charge on any atom is 0.219 e. The molecule has 2 aliphatic heterocycles. The van der Waals surface area contributed by atoms with E-state index in [0.717, 1.165) is 31.8 Å². The molecule has 0 N–H and O–H groups in total. The van der Waals surface area contributed by atoms with E-state index >= 15 is 0 Å². The van der Waals surface area contributed by atoms with Crippen molar-refractivity contribution in [1.29, 1.82) is 0 Å². The van der Waals surface area contributed by atoms with Crippen molar-refractivity contribution in [2.24, 2.45) is 5.92 Å². The zero-order valence-electron chi connectivity index (χ0n) is 14.4. The summed E-state index contributed by atoms with van der Waals surface area (Å²) in [6.45, 7) is 6.11. The van der Waals surface area contributed by atoms with Gasteiger partial charge in [0.05, 0.1) is 0 Å². The van der Waals surface area contributed by atoms with Gasteiger partial charge in [-0.05, 0) is 56.6 Å². The van der Waals surface area contributed by atoms with Crippen molar-refractivity contribution in [3.8, 4) is 0 Å². The molecule has 126 valence electrons. The zero-order chi connectivity index (χ0) is 16.1. The van der Waals surface area contributed by atoms with Gasteiger partial charge in [0, 0.05) is 32.6 Å². The van der Waals surface area contributed by atoms with Gasteiger partial charge in [0.1, 0.15) is 0 Å². The Morgan fingerprint density at radius 3 is 2.52 bits per heavy atom. The molecule has 3 rings (SSSR count). The van der Waals surface area contributed by atoms with Crippen LogP contribution in [-0.2, 0) is 11.2 Å². The first-order chi connectivity index (χ1) is 11.2. The Morgan fingerprint density at radius 1 is 1.09 bits per heavy atom. The van der Waals surface area contributed by atoms with Gasteiger partial charge in [0.15, 0.2) is 0 Å². The van der Waals surface area contributed by atoms with Gasteiger partial charge in [-0.2, -0.15) is 0 Å². The second kappa shape index (κ2) is 7.96. The molecule has 2 aliphatic rings. The molecular formula is C20H30N2O. The maximum absolute atomic E-state index is 11.5. The number of benzene rings is 1. The highest BCUT2D eigenvalue weighted by Gasteiger charge is 2.29. The number of nitrogens with zero attached hydrogens (tertiary/aromatic N) is 2. The number of hydrogen-bond donors (Lipinski definition) is 0. The van der Waals surface area contributed by atoms with Crippen molar-refractivity contribution >= 4 is 5.91 Å². The summed E-state index contributed by atoms with van der Waals surface area (Å²) in [6, 6.07) is 11.6. The van der Waals surface area contributed by atoms with Crippen LogP contribution in [0.5, 0.6) is 0 Å². The van der Waals surface area contributed by atoms with E-state index in [9.17, 15) is 4.79 Å². The smallest absolute Gasteiger partial charge is 0.219 e. The normalized spacial score (nSPS) is 23.9. The van der Waals surface area contributed by atoms with E-state index in [4.69, 9.17) is 0 Å². The third-order valence-electron chi connectivity index (χ3n) is 5.66. The average Bonchev–Trinajstić information content (AvgIpc) is 2.61. The summed E-state index contributed by atoms with van der Waals surface area (Å²) in [5, 5.41) is 0. The Kier molecular flexibility index (Phi) is 5.71. The van der Waals surface area contributed by atoms with Crippen LogP contribution < -0.4 is 0 Å². The Bertz CT molecular complexity index is 494. The summed E-state index contributed by atoms with van der Waals surface area (Å²) >= 11 is 0. The topological polar surface area (TPSA) is 23.6 Å². The summed E-state index contributed by atoms with van der Waals surface area (Å²) in [5.41, 5.74) is 1.47. The van der Waals surface area contributed by atoms with Crippen LogP contribution in [0.4, 0.5) is 0 Å². The number of carbonyl (C=O) groups is 1. The summed E-state index contributed by atoms with van der Waals surface area (Å²) in [7, 11) is 0. The van der Waals surface area contributed by atoms with Crippen LogP contribution in [0.2, 0.25) is 0 Å². The second-order valence-corrected chi connectivity index (χ2v) is 7.26. The molecule has 0 aromatic heterocycles. The monoisotopic (exact) mass is 314 g/mol. The minimum Gasteiger partial charge on any atom is -0.343 e. The van der Waals surface area contributed by atoms with Gasteiger partial charge in [-0.25, -0.2) is 0 Å². The summed E-state index contributed by atoms with van der Waals surface area (Å²) in [5.74, 6) is 1.08. The van der Waals surface area contributed by atoms with Gasteiger partial charge < -0.3 is 4.90 Å². The van der Waals surface area contributed by atoms with E-state index < -0.39 is 0 Å². The molecule has 0 spiro atoms. The van der Waals surface area contributed by atoms with E-state index in [-0.39, 0.29) is 5.91 Å².